The van der Waals surface area contributed by atoms with E-state index in [1.165, 1.54) is 36.9 Å². The molecule has 0 spiro atoms. The number of benzene rings is 7. The van der Waals surface area contributed by atoms with E-state index in [0.29, 0.717) is 29.0 Å². The zero-order valence-corrected chi connectivity index (χ0v) is 30.3. The van der Waals surface area contributed by atoms with Gasteiger partial charge in [-0.2, -0.15) is 0 Å². The molecule has 0 bridgehead atoms. The maximum absolute atomic E-state index is 6.63. The summed E-state index contributed by atoms with van der Waals surface area (Å²) < 4.78 is 15.7. The fourth-order valence-electron chi connectivity index (χ4n) is 8.03. The quantitative estimate of drug-likeness (QED) is 0.182. The van der Waals surface area contributed by atoms with Crippen LogP contribution in [0, 0.1) is 0 Å². The first-order valence-electron chi connectivity index (χ1n) is 18.1. The predicted molar refractivity (Wildman–Crippen MR) is 219 cm³/mol. The lowest BCUT2D eigenvalue weighted by Crippen LogP contribution is -2.15. The molecule has 1 aliphatic heterocycles. The van der Waals surface area contributed by atoms with E-state index in [1.807, 2.05) is 42.5 Å². The highest BCUT2D eigenvalue weighted by atomic mass is 32.1. The lowest BCUT2D eigenvalue weighted by molar-refractivity contribution is 0.360. The minimum atomic E-state index is -0.111. The second-order valence-corrected chi connectivity index (χ2v) is 15.5. The van der Waals surface area contributed by atoms with E-state index < -0.39 is 0 Å². The summed E-state index contributed by atoms with van der Waals surface area (Å²) in [6.45, 7) is 4.54. The molecule has 0 fully saturated rings. The maximum atomic E-state index is 6.63. The van der Waals surface area contributed by atoms with Gasteiger partial charge in [-0.15, -0.1) is 11.3 Å². The van der Waals surface area contributed by atoms with Crippen LogP contribution in [0.4, 0.5) is 0 Å². The van der Waals surface area contributed by atoms with E-state index in [-0.39, 0.29) is 5.41 Å². The fourth-order valence-corrected chi connectivity index (χ4v) is 9.18. The van der Waals surface area contributed by atoms with Gasteiger partial charge in [0.2, 0.25) is 0 Å². The first-order chi connectivity index (χ1) is 26.5. The summed E-state index contributed by atoms with van der Waals surface area (Å²) in [6, 6.07) is 52.5. The Balaban J connectivity index is 0.932. The third-order valence-corrected chi connectivity index (χ3v) is 12.0. The zero-order valence-electron chi connectivity index (χ0n) is 29.5. The van der Waals surface area contributed by atoms with Gasteiger partial charge in [-0.05, 0) is 58.1 Å². The number of rotatable bonds is 4. The largest absolute Gasteiger partial charge is 0.449 e. The molecule has 1 aliphatic carbocycles. The standard InChI is InChI=1S/C48H31N3O2S/c1-48(2)36-14-8-6-13-35(36)43-37(48)23-25-39-44(43)53-38-24-21-31(26-40(38)52-39)28-16-18-30(19-17-28)46-49-45(29-10-4-3-5-11-29)50-47(51-46)32-20-22-34-33-12-7-9-15-41(33)54-42(34)27-32/h3-27H,1-2H3. The molecule has 54 heavy (non-hydrogen) atoms. The summed E-state index contributed by atoms with van der Waals surface area (Å²) in [4.78, 5) is 15.0. The van der Waals surface area contributed by atoms with E-state index in [0.717, 1.165) is 44.9 Å². The monoisotopic (exact) mass is 713 g/mol. The van der Waals surface area contributed by atoms with Gasteiger partial charge in [0.05, 0.1) is 0 Å². The molecule has 7 aromatic carbocycles. The Labute approximate surface area is 316 Å². The summed E-state index contributed by atoms with van der Waals surface area (Å²) in [5.41, 5.74) is 9.66. The van der Waals surface area contributed by atoms with Gasteiger partial charge in [0.25, 0.3) is 0 Å². The predicted octanol–water partition coefficient (Wildman–Crippen LogP) is 13.1. The number of hydrogen-bond donors (Lipinski definition) is 0. The van der Waals surface area contributed by atoms with Crippen molar-refractivity contribution in [3.05, 3.63) is 163 Å². The minimum absolute atomic E-state index is 0.111. The Morgan fingerprint density at radius 3 is 1.91 bits per heavy atom. The van der Waals surface area contributed by atoms with Crippen molar-refractivity contribution < 1.29 is 9.47 Å². The third kappa shape index (κ3) is 4.80. The molecule has 0 radical (unpaired) electrons. The summed E-state index contributed by atoms with van der Waals surface area (Å²) in [7, 11) is 0. The van der Waals surface area contributed by atoms with Crippen LogP contribution in [0.25, 0.3) is 76.6 Å². The summed E-state index contributed by atoms with van der Waals surface area (Å²) in [5.74, 6) is 4.82. The average molecular weight is 714 g/mol. The van der Waals surface area contributed by atoms with Crippen molar-refractivity contribution in [2.75, 3.05) is 0 Å². The summed E-state index contributed by atoms with van der Waals surface area (Å²) in [6.07, 6.45) is 0. The number of nitrogens with zero attached hydrogens (tertiary/aromatic N) is 3. The first kappa shape index (κ1) is 30.9. The van der Waals surface area contributed by atoms with Crippen molar-refractivity contribution in [3.63, 3.8) is 0 Å². The van der Waals surface area contributed by atoms with Gasteiger partial charge in [0.1, 0.15) is 0 Å². The molecule has 5 nitrogen and oxygen atoms in total. The van der Waals surface area contributed by atoms with Crippen molar-refractivity contribution in [1.82, 2.24) is 15.0 Å². The highest BCUT2D eigenvalue weighted by Crippen LogP contribution is 2.58. The number of thiophene rings is 1. The SMILES string of the molecule is CC1(C)c2ccccc2-c2c1ccc1c2Oc2ccc(-c3ccc(-c4nc(-c5ccccc5)nc(-c5ccc6c(c5)sc5ccccc56)n4)cc3)cc2O1. The van der Waals surface area contributed by atoms with E-state index >= 15 is 0 Å². The van der Waals surface area contributed by atoms with Crippen LogP contribution in [0.1, 0.15) is 25.0 Å². The molecular weight excluding hydrogens is 683 g/mol. The second-order valence-electron chi connectivity index (χ2n) is 14.4. The molecular formula is C48H31N3O2S. The topological polar surface area (TPSA) is 57.1 Å². The molecule has 256 valence electrons. The molecule has 3 heterocycles. The first-order valence-corrected chi connectivity index (χ1v) is 18.9. The van der Waals surface area contributed by atoms with Crippen molar-refractivity contribution in [3.8, 4) is 79.4 Å². The maximum Gasteiger partial charge on any atom is 0.178 e. The van der Waals surface area contributed by atoms with Crippen LogP contribution < -0.4 is 9.47 Å². The highest BCUT2D eigenvalue weighted by Gasteiger charge is 2.39. The molecule has 2 aromatic heterocycles. The van der Waals surface area contributed by atoms with Gasteiger partial charge < -0.3 is 9.47 Å². The second kappa shape index (κ2) is 11.7. The molecule has 0 atom stereocenters. The van der Waals surface area contributed by atoms with Crippen LogP contribution >= 0.6 is 11.3 Å². The lowest BCUT2D eigenvalue weighted by atomic mass is 9.82. The van der Waals surface area contributed by atoms with Crippen LogP contribution in [0.5, 0.6) is 23.0 Å². The number of ether oxygens (including phenoxy) is 2. The molecule has 0 amide bonds. The summed E-state index contributed by atoms with van der Waals surface area (Å²) in [5, 5.41) is 2.51. The number of fused-ring (bicyclic) bond motifs is 9. The van der Waals surface area contributed by atoms with Gasteiger partial charge in [0, 0.05) is 47.8 Å². The van der Waals surface area contributed by atoms with Crippen molar-refractivity contribution in [2.45, 2.75) is 19.3 Å². The van der Waals surface area contributed by atoms with E-state index in [2.05, 4.69) is 123 Å². The molecule has 0 saturated carbocycles. The lowest BCUT2D eigenvalue weighted by Gasteiger charge is -2.25. The zero-order chi connectivity index (χ0) is 36.0. The molecule has 0 N–H and O–H groups in total. The molecule has 11 rings (SSSR count). The van der Waals surface area contributed by atoms with Crippen LogP contribution in [0.2, 0.25) is 0 Å². The Hall–Kier alpha value is -6.63. The Bertz CT molecular complexity index is 2970. The van der Waals surface area contributed by atoms with E-state index in [1.54, 1.807) is 11.3 Å². The summed E-state index contributed by atoms with van der Waals surface area (Å²) >= 11 is 1.79. The van der Waals surface area contributed by atoms with Crippen molar-refractivity contribution in [2.24, 2.45) is 0 Å². The fraction of sp³-hybridized carbons (Fsp3) is 0.0625. The Morgan fingerprint density at radius 1 is 0.444 bits per heavy atom. The molecule has 0 saturated heterocycles. The normalized spacial score (nSPS) is 13.4. The van der Waals surface area contributed by atoms with Gasteiger partial charge in [-0.3, -0.25) is 0 Å². The smallest absolute Gasteiger partial charge is 0.178 e. The highest BCUT2D eigenvalue weighted by molar-refractivity contribution is 7.25. The molecule has 6 heteroatoms. The van der Waals surface area contributed by atoms with Crippen LogP contribution in [-0.2, 0) is 5.41 Å². The van der Waals surface area contributed by atoms with Gasteiger partial charge in [-0.1, -0.05) is 135 Å². The Morgan fingerprint density at radius 2 is 1.07 bits per heavy atom. The van der Waals surface area contributed by atoms with Crippen LogP contribution in [-0.4, -0.2) is 15.0 Å². The molecule has 9 aromatic rings. The van der Waals surface area contributed by atoms with Crippen LogP contribution in [0.3, 0.4) is 0 Å². The number of hydrogen-bond acceptors (Lipinski definition) is 6. The van der Waals surface area contributed by atoms with Crippen LogP contribution in [0.15, 0.2) is 152 Å². The average Bonchev–Trinajstić information content (AvgIpc) is 3.71. The van der Waals surface area contributed by atoms with Gasteiger partial charge >= 0.3 is 0 Å². The molecule has 0 unspecified atom stereocenters. The molecule has 2 aliphatic rings. The Kier molecular flexibility index (Phi) is 6.70. The van der Waals surface area contributed by atoms with Crippen molar-refractivity contribution >= 4 is 31.5 Å². The van der Waals surface area contributed by atoms with Crippen molar-refractivity contribution in [1.29, 1.82) is 0 Å². The third-order valence-electron chi connectivity index (χ3n) is 10.8. The van der Waals surface area contributed by atoms with Gasteiger partial charge in [0.15, 0.2) is 40.5 Å². The number of aromatic nitrogens is 3. The van der Waals surface area contributed by atoms with E-state index in [4.69, 9.17) is 24.4 Å². The minimum Gasteiger partial charge on any atom is -0.449 e. The van der Waals surface area contributed by atoms with E-state index in [9.17, 15) is 0 Å². The van der Waals surface area contributed by atoms with Gasteiger partial charge in [-0.25, -0.2) is 15.0 Å².